The second-order valence-electron chi connectivity index (χ2n) is 5.08. The minimum atomic E-state index is -0.423. The summed E-state index contributed by atoms with van der Waals surface area (Å²) in [6.07, 6.45) is 1.16. The largest absolute Gasteiger partial charge is 0.369 e. The summed E-state index contributed by atoms with van der Waals surface area (Å²) in [7, 11) is 0. The number of likely N-dealkylation sites (tertiary alicyclic amines) is 1. The molecule has 2 saturated heterocycles. The third-order valence-corrected chi connectivity index (χ3v) is 3.77. The number of hydrogen-bond acceptors (Lipinski definition) is 4. The normalized spacial score (nSPS) is 33.2. The van der Waals surface area contributed by atoms with Crippen LogP contribution in [0.25, 0.3) is 0 Å². The van der Waals surface area contributed by atoms with Gasteiger partial charge in [-0.1, -0.05) is 0 Å². The molecule has 0 bridgehead atoms. The van der Waals surface area contributed by atoms with Gasteiger partial charge in [-0.2, -0.15) is 0 Å². The van der Waals surface area contributed by atoms with Gasteiger partial charge in [-0.15, -0.1) is 0 Å². The van der Waals surface area contributed by atoms with E-state index in [4.69, 9.17) is 10.5 Å². The van der Waals surface area contributed by atoms with E-state index >= 15 is 0 Å². The van der Waals surface area contributed by atoms with Crippen molar-refractivity contribution >= 4 is 11.8 Å². The first-order valence-corrected chi connectivity index (χ1v) is 6.51. The van der Waals surface area contributed by atoms with E-state index < -0.39 is 6.10 Å². The highest BCUT2D eigenvalue weighted by Gasteiger charge is 2.35. The quantitative estimate of drug-likeness (QED) is 0.669. The molecule has 0 aromatic heterocycles. The van der Waals surface area contributed by atoms with Crippen molar-refractivity contribution in [1.29, 1.82) is 0 Å². The van der Waals surface area contributed by atoms with Crippen molar-refractivity contribution in [3.63, 3.8) is 0 Å². The highest BCUT2D eigenvalue weighted by Crippen LogP contribution is 2.23. The van der Waals surface area contributed by atoms with Gasteiger partial charge in [-0.05, 0) is 19.8 Å². The zero-order valence-corrected chi connectivity index (χ0v) is 10.7. The molecule has 2 fully saturated rings. The lowest BCUT2D eigenvalue weighted by atomic mass is 9.92. The highest BCUT2D eigenvalue weighted by atomic mass is 16.5. The number of amides is 2. The number of nitrogens with two attached hydrogens (primary N) is 1. The van der Waals surface area contributed by atoms with E-state index in [2.05, 4.69) is 5.32 Å². The number of rotatable bonds is 2. The highest BCUT2D eigenvalue weighted by molar-refractivity contribution is 5.83. The molecule has 3 atom stereocenters. The van der Waals surface area contributed by atoms with Gasteiger partial charge in [-0.3, -0.25) is 9.59 Å². The predicted octanol–water partition coefficient (Wildman–Crippen LogP) is -0.913. The molecular weight excluding hydrogens is 234 g/mol. The number of hydrogen-bond donors (Lipinski definition) is 2. The van der Waals surface area contributed by atoms with E-state index in [1.54, 1.807) is 4.90 Å². The summed E-state index contributed by atoms with van der Waals surface area (Å²) >= 11 is 0. The fourth-order valence-electron chi connectivity index (χ4n) is 2.56. The van der Waals surface area contributed by atoms with Gasteiger partial charge in [0.15, 0.2) is 0 Å². The zero-order chi connectivity index (χ0) is 13.1. The van der Waals surface area contributed by atoms with Crippen LogP contribution in [0.1, 0.15) is 19.8 Å². The number of ether oxygens (including phenoxy) is 1. The minimum Gasteiger partial charge on any atom is -0.369 e. The van der Waals surface area contributed by atoms with Crippen molar-refractivity contribution in [2.75, 3.05) is 26.2 Å². The standard InChI is InChI=1S/C12H21N3O3/c1-8-2-3-9(11(13)16)7-15(8)12(17)10-6-14-4-5-18-10/h8-10,14H,2-7H2,1H3,(H2,13,16). The summed E-state index contributed by atoms with van der Waals surface area (Å²) in [5, 5.41) is 3.14. The molecule has 2 aliphatic rings. The van der Waals surface area contributed by atoms with E-state index in [9.17, 15) is 9.59 Å². The molecule has 0 spiro atoms. The Morgan fingerprint density at radius 3 is 2.78 bits per heavy atom. The molecule has 3 N–H and O–H groups in total. The fraction of sp³-hybridized carbons (Fsp3) is 0.833. The molecule has 0 aliphatic carbocycles. The number of carbonyl (C=O) groups is 2. The van der Waals surface area contributed by atoms with Crippen molar-refractivity contribution in [2.45, 2.75) is 31.9 Å². The molecule has 6 nitrogen and oxygen atoms in total. The van der Waals surface area contributed by atoms with Gasteiger partial charge < -0.3 is 20.7 Å². The van der Waals surface area contributed by atoms with Gasteiger partial charge in [0.25, 0.3) is 5.91 Å². The monoisotopic (exact) mass is 255 g/mol. The molecule has 0 aromatic carbocycles. The Bertz CT molecular complexity index is 329. The van der Waals surface area contributed by atoms with Crippen molar-refractivity contribution < 1.29 is 14.3 Å². The third kappa shape index (κ3) is 2.81. The van der Waals surface area contributed by atoms with Gasteiger partial charge in [-0.25, -0.2) is 0 Å². The first-order chi connectivity index (χ1) is 8.59. The van der Waals surface area contributed by atoms with Crippen molar-refractivity contribution in [1.82, 2.24) is 10.2 Å². The molecule has 3 unspecified atom stereocenters. The van der Waals surface area contributed by atoms with E-state index in [1.165, 1.54) is 0 Å². The number of nitrogens with one attached hydrogen (secondary N) is 1. The third-order valence-electron chi connectivity index (χ3n) is 3.77. The lowest BCUT2D eigenvalue weighted by Crippen LogP contribution is -2.55. The van der Waals surface area contributed by atoms with E-state index in [0.29, 0.717) is 19.7 Å². The number of primary amides is 1. The van der Waals surface area contributed by atoms with Gasteiger partial charge in [0.05, 0.1) is 12.5 Å². The van der Waals surface area contributed by atoms with Crippen LogP contribution in [0.2, 0.25) is 0 Å². The summed E-state index contributed by atoms with van der Waals surface area (Å²) in [5.41, 5.74) is 5.33. The SMILES string of the molecule is CC1CCC(C(N)=O)CN1C(=O)C1CNCCO1. The first kappa shape index (κ1) is 13.3. The van der Waals surface area contributed by atoms with Crippen molar-refractivity contribution in [3.8, 4) is 0 Å². The van der Waals surface area contributed by atoms with Crippen LogP contribution in [0.15, 0.2) is 0 Å². The van der Waals surface area contributed by atoms with Crippen molar-refractivity contribution in [3.05, 3.63) is 0 Å². The average molecular weight is 255 g/mol. The smallest absolute Gasteiger partial charge is 0.253 e. The summed E-state index contributed by atoms with van der Waals surface area (Å²) < 4.78 is 5.47. The molecule has 18 heavy (non-hydrogen) atoms. The van der Waals surface area contributed by atoms with Crippen molar-refractivity contribution in [2.24, 2.45) is 11.7 Å². The molecular formula is C12H21N3O3. The van der Waals surface area contributed by atoms with E-state index in [-0.39, 0.29) is 23.8 Å². The Balaban J connectivity index is 2.00. The Morgan fingerprint density at radius 2 is 2.17 bits per heavy atom. The predicted molar refractivity (Wildman–Crippen MR) is 65.7 cm³/mol. The summed E-state index contributed by atoms with van der Waals surface area (Å²) in [6, 6.07) is 0.152. The minimum absolute atomic E-state index is 0.0272. The summed E-state index contributed by atoms with van der Waals surface area (Å²) in [4.78, 5) is 25.3. The molecule has 6 heteroatoms. The van der Waals surface area contributed by atoms with Crippen LogP contribution in [0.3, 0.4) is 0 Å². The molecule has 2 aliphatic heterocycles. The van der Waals surface area contributed by atoms with E-state index in [0.717, 1.165) is 19.4 Å². The van der Waals surface area contributed by atoms with Gasteiger partial charge >= 0.3 is 0 Å². The van der Waals surface area contributed by atoms with E-state index in [1.807, 2.05) is 6.92 Å². The molecule has 0 aromatic rings. The van der Waals surface area contributed by atoms with Gasteiger partial charge in [0, 0.05) is 25.7 Å². The number of nitrogens with zero attached hydrogens (tertiary/aromatic N) is 1. The number of piperidine rings is 1. The Kier molecular flexibility index (Phi) is 4.19. The zero-order valence-electron chi connectivity index (χ0n) is 10.7. The van der Waals surface area contributed by atoms with Gasteiger partial charge in [0.2, 0.25) is 5.91 Å². The number of carbonyl (C=O) groups excluding carboxylic acids is 2. The topological polar surface area (TPSA) is 84.7 Å². The second-order valence-corrected chi connectivity index (χ2v) is 5.08. The first-order valence-electron chi connectivity index (χ1n) is 6.51. The fourth-order valence-corrected chi connectivity index (χ4v) is 2.56. The second kappa shape index (κ2) is 5.67. The van der Waals surface area contributed by atoms with Crippen LogP contribution in [0.5, 0.6) is 0 Å². The Morgan fingerprint density at radius 1 is 1.39 bits per heavy atom. The maximum atomic E-state index is 12.3. The lowest BCUT2D eigenvalue weighted by Gasteiger charge is -2.39. The van der Waals surface area contributed by atoms with Gasteiger partial charge in [0.1, 0.15) is 6.10 Å². The summed E-state index contributed by atoms with van der Waals surface area (Å²) in [5.74, 6) is -0.565. The Labute approximate surface area is 107 Å². The molecule has 2 heterocycles. The molecule has 0 radical (unpaired) electrons. The number of morpholine rings is 1. The molecule has 2 rings (SSSR count). The van der Waals surface area contributed by atoms with Crippen LogP contribution in [-0.2, 0) is 14.3 Å². The summed E-state index contributed by atoms with van der Waals surface area (Å²) in [6.45, 7) is 4.31. The van der Waals surface area contributed by atoms with Crippen LogP contribution in [0, 0.1) is 5.92 Å². The molecule has 0 saturated carbocycles. The van der Waals surface area contributed by atoms with Crippen LogP contribution >= 0.6 is 0 Å². The van der Waals surface area contributed by atoms with Crippen LogP contribution in [-0.4, -0.2) is 55.1 Å². The van der Waals surface area contributed by atoms with Crippen LogP contribution < -0.4 is 11.1 Å². The Hall–Kier alpha value is -1.14. The molecule has 2 amide bonds. The lowest BCUT2D eigenvalue weighted by molar-refractivity contribution is -0.150. The molecule has 102 valence electrons. The average Bonchev–Trinajstić information content (AvgIpc) is 2.39. The van der Waals surface area contributed by atoms with Crippen LogP contribution in [0.4, 0.5) is 0 Å². The maximum absolute atomic E-state index is 12.3. The maximum Gasteiger partial charge on any atom is 0.253 e.